The van der Waals surface area contributed by atoms with Crippen molar-refractivity contribution in [1.82, 2.24) is 9.80 Å². The van der Waals surface area contributed by atoms with Gasteiger partial charge in [-0.05, 0) is 62.1 Å². The lowest BCUT2D eigenvalue weighted by Gasteiger charge is -2.37. The van der Waals surface area contributed by atoms with Crippen molar-refractivity contribution in [2.75, 3.05) is 20.1 Å². The van der Waals surface area contributed by atoms with Crippen molar-refractivity contribution in [3.63, 3.8) is 0 Å². The highest BCUT2D eigenvalue weighted by molar-refractivity contribution is 9.10. The molecular weight excluding hydrogens is 404 g/mol. The van der Waals surface area contributed by atoms with E-state index in [0.29, 0.717) is 0 Å². The van der Waals surface area contributed by atoms with Gasteiger partial charge in [-0.3, -0.25) is 4.90 Å². The van der Waals surface area contributed by atoms with E-state index in [2.05, 4.69) is 57.2 Å². The van der Waals surface area contributed by atoms with E-state index in [1.165, 1.54) is 16.3 Å². The average molecular weight is 433 g/mol. The second-order valence-corrected chi connectivity index (χ2v) is 9.25. The van der Waals surface area contributed by atoms with Gasteiger partial charge in [0.1, 0.15) is 5.60 Å². The highest BCUT2D eigenvalue weighted by atomic mass is 79.9. The second kappa shape index (κ2) is 8.19. The van der Waals surface area contributed by atoms with Crippen molar-refractivity contribution in [1.29, 1.82) is 0 Å². The lowest BCUT2D eigenvalue weighted by Crippen LogP contribution is -2.46. The largest absolute Gasteiger partial charge is 0.444 e. The summed E-state index contributed by atoms with van der Waals surface area (Å²) in [6.45, 7) is 8.66. The summed E-state index contributed by atoms with van der Waals surface area (Å²) in [6.07, 6.45) is 1.74. The molecule has 1 heterocycles. The number of benzene rings is 2. The number of piperidine rings is 1. The lowest BCUT2D eigenvalue weighted by atomic mass is 10.0. The molecule has 0 aromatic heterocycles. The molecule has 3 rings (SSSR count). The predicted octanol–water partition coefficient (Wildman–Crippen LogP) is 5.43. The van der Waals surface area contributed by atoms with E-state index in [1.54, 1.807) is 4.90 Å². The number of carbonyl (C=O) groups excluding carboxylic acids is 1. The first-order chi connectivity index (χ1) is 12.7. The molecule has 4 nitrogen and oxygen atoms in total. The van der Waals surface area contributed by atoms with Gasteiger partial charge in [0.25, 0.3) is 0 Å². The Labute approximate surface area is 170 Å². The molecule has 0 radical (unpaired) electrons. The number of halogens is 1. The third kappa shape index (κ3) is 5.23. The van der Waals surface area contributed by atoms with E-state index in [0.717, 1.165) is 36.9 Å². The fourth-order valence-electron chi connectivity index (χ4n) is 3.60. The van der Waals surface area contributed by atoms with E-state index in [1.807, 2.05) is 27.8 Å². The van der Waals surface area contributed by atoms with E-state index in [-0.39, 0.29) is 12.1 Å². The Morgan fingerprint density at radius 3 is 2.59 bits per heavy atom. The van der Waals surface area contributed by atoms with Gasteiger partial charge in [-0.25, -0.2) is 4.79 Å². The topological polar surface area (TPSA) is 32.8 Å². The first kappa shape index (κ1) is 20.2. The third-order valence-electron chi connectivity index (χ3n) is 5.08. The van der Waals surface area contributed by atoms with Crippen molar-refractivity contribution >= 4 is 32.8 Å². The van der Waals surface area contributed by atoms with Gasteiger partial charge in [0.2, 0.25) is 0 Å². The Morgan fingerprint density at radius 1 is 1.22 bits per heavy atom. The molecule has 1 aliphatic rings. The summed E-state index contributed by atoms with van der Waals surface area (Å²) < 4.78 is 6.63. The molecule has 27 heavy (non-hydrogen) atoms. The molecule has 146 valence electrons. The van der Waals surface area contributed by atoms with Crippen LogP contribution in [0, 0.1) is 0 Å². The minimum Gasteiger partial charge on any atom is -0.444 e. The zero-order valence-electron chi connectivity index (χ0n) is 16.7. The van der Waals surface area contributed by atoms with Crippen molar-refractivity contribution in [3.05, 3.63) is 46.4 Å². The number of ether oxygens (including phenoxy) is 1. The van der Waals surface area contributed by atoms with Crippen LogP contribution in [0.4, 0.5) is 4.79 Å². The summed E-state index contributed by atoms with van der Waals surface area (Å²) in [7, 11) is 1.86. The normalized spacial score (nSPS) is 16.5. The number of hydrogen-bond donors (Lipinski definition) is 0. The minimum absolute atomic E-state index is 0.221. The Bertz CT molecular complexity index is 808. The Kier molecular flexibility index (Phi) is 6.11. The van der Waals surface area contributed by atoms with Crippen LogP contribution >= 0.6 is 15.9 Å². The zero-order chi connectivity index (χ0) is 19.6. The van der Waals surface area contributed by atoms with Crippen molar-refractivity contribution < 1.29 is 9.53 Å². The van der Waals surface area contributed by atoms with Crippen LogP contribution in [0.3, 0.4) is 0 Å². The highest BCUT2D eigenvalue weighted by Crippen LogP contribution is 2.26. The number of rotatable bonds is 3. The molecule has 0 unspecified atom stereocenters. The van der Waals surface area contributed by atoms with Crippen LogP contribution in [-0.2, 0) is 11.3 Å². The maximum atomic E-state index is 12.3. The summed E-state index contributed by atoms with van der Waals surface area (Å²) in [5, 5.41) is 2.51. The van der Waals surface area contributed by atoms with Gasteiger partial charge in [-0.15, -0.1) is 0 Å². The van der Waals surface area contributed by atoms with Gasteiger partial charge >= 0.3 is 6.09 Å². The molecule has 1 saturated heterocycles. The number of amides is 1. The number of likely N-dealkylation sites (tertiary alicyclic amines) is 1. The van der Waals surface area contributed by atoms with Crippen molar-refractivity contribution in [3.8, 4) is 0 Å². The minimum atomic E-state index is -0.447. The van der Waals surface area contributed by atoms with Gasteiger partial charge in [0.05, 0.1) is 0 Å². The fourth-order valence-corrected chi connectivity index (χ4v) is 4.11. The quantitative estimate of drug-likeness (QED) is 0.647. The number of nitrogens with zero attached hydrogens (tertiary/aromatic N) is 2. The Hall–Kier alpha value is -1.59. The number of fused-ring (bicyclic) bond motifs is 1. The Balaban J connectivity index is 1.56. The molecular formula is C22H29BrN2O2. The summed E-state index contributed by atoms with van der Waals surface area (Å²) in [5.74, 6) is 0. The molecule has 5 heteroatoms. The standard InChI is InChI=1S/C22H29BrN2O2/c1-22(2,3)27-21(26)24(4)18-10-12-25(13-11-18)15-16-8-9-19-17(14-16)6-5-7-20(19)23/h5-9,14,18H,10-13,15H2,1-4H3. The zero-order valence-corrected chi connectivity index (χ0v) is 18.3. The van der Waals surface area contributed by atoms with Gasteiger partial charge in [0, 0.05) is 37.2 Å². The van der Waals surface area contributed by atoms with E-state index >= 15 is 0 Å². The predicted molar refractivity (Wildman–Crippen MR) is 114 cm³/mol. The maximum absolute atomic E-state index is 12.3. The van der Waals surface area contributed by atoms with Crippen LogP contribution in [0.5, 0.6) is 0 Å². The molecule has 0 N–H and O–H groups in total. The highest BCUT2D eigenvalue weighted by Gasteiger charge is 2.28. The lowest BCUT2D eigenvalue weighted by molar-refractivity contribution is 0.0149. The molecule has 1 amide bonds. The van der Waals surface area contributed by atoms with Crippen LogP contribution in [0.2, 0.25) is 0 Å². The molecule has 1 fully saturated rings. The maximum Gasteiger partial charge on any atom is 0.410 e. The van der Waals surface area contributed by atoms with E-state index < -0.39 is 5.60 Å². The second-order valence-electron chi connectivity index (χ2n) is 8.39. The van der Waals surface area contributed by atoms with Crippen LogP contribution in [0.25, 0.3) is 10.8 Å². The van der Waals surface area contributed by atoms with Gasteiger partial charge in [-0.1, -0.05) is 40.2 Å². The third-order valence-corrected chi connectivity index (χ3v) is 5.78. The number of carbonyl (C=O) groups is 1. The van der Waals surface area contributed by atoms with Gasteiger partial charge < -0.3 is 9.64 Å². The summed E-state index contributed by atoms with van der Waals surface area (Å²) in [4.78, 5) is 16.5. The molecule has 0 saturated carbocycles. The van der Waals surface area contributed by atoms with Crippen LogP contribution < -0.4 is 0 Å². The monoisotopic (exact) mass is 432 g/mol. The Morgan fingerprint density at radius 2 is 1.93 bits per heavy atom. The molecule has 2 aromatic rings. The fraction of sp³-hybridized carbons (Fsp3) is 0.500. The first-order valence-electron chi connectivity index (χ1n) is 9.58. The summed E-state index contributed by atoms with van der Waals surface area (Å²) in [6, 6.07) is 13.2. The molecule has 0 spiro atoms. The van der Waals surface area contributed by atoms with Gasteiger partial charge in [0.15, 0.2) is 0 Å². The molecule has 1 aliphatic heterocycles. The first-order valence-corrected chi connectivity index (χ1v) is 10.4. The van der Waals surface area contributed by atoms with E-state index in [4.69, 9.17) is 4.74 Å². The average Bonchev–Trinajstić information content (AvgIpc) is 2.60. The van der Waals surface area contributed by atoms with Crippen LogP contribution in [0.1, 0.15) is 39.2 Å². The van der Waals surface area contributed by atoms with Crippen molar-refractivity contribution in [2.45, 2.75) is 51.8 Å². The molecule has 0 atom stereocenters. The van der Waals surface area contributed by atoms with Crippen LogP contribution in [-0.4, -0.2) is 47.7 Å². The molecule has 2 aromatic carbocycles. The summed E-state index contributed by atoms with van der Waals surface area (Å²) in [5.41, 5.74) is 0.886. The van der Waals surface area contributed by atoms with Crippen LogP contribution in [0.15, 0.2) is 40.9 Å². The van der Waals surface area contributed by atoms with Crippen molar-refractivity contribution in [2.24, 2.45) is 0 Å². The summed E-state index contributed by atoms with van der Waals surface area (Å²) >= 11 is 3.62. The molecule has 0 aliphatic carbocycles. The van der Waals surface area contributed by atoms with E-state index in [9.17, 15) is 4.79 Å². The SMILES string of the molecule is CN(C(=O)OC(C)(C)C)C1CCN(Cc2ccc3c(Br)cccc3c2)CC1. The van der Waals surface area contributed by atoms with Gasteiger partial charge in [-0.2, -0.15) is 0 Å². The molecule has 0 bridgehead atoms. The smallest absolute Gasteiger partial charge is 0.410 e. The number of hydrogen-bond acceptors (Lipinski definition) is 3.